The molecule has 5 heteroatoms. The second kappa shape index (κ2) is 5.87. The van der Waals surface area contributed by atoms with E-state index in [-0.39, 0.29) is 0 Å². The molecule has 0 spiro atoms. The fourth-order valence-corrected chi connectivity index (χ4v) is 4.65. The fraction of sp³-hybridized carbons (Fsp3) is 0.333. The van der Waals surface area contributed by atoms with E-state index < -0.39 is 5.97 Å². The number of aromatic nitrogens is 3. The molecule has 0 saturated heterocycles. The standard InChI is InChI=1S/C21H21N3O2/c25-21(26)14-8-9-15-17(11-14)24-10-4-7-16-19(23-12-22-16)20(24)18(15)13-5-2-1-3-6-13/h4,7-9,11-13H,1-3,5-6,10H2,(H,22,23)(H,25,26). The van der Waals surface area contributed by atoms with Crippen LogP contribution in [0.25, 0.3) is 28.4 Å². The van der Waals surface area contributed by atoms with Gasteiger partial charge in [0.1, 0.15) is 5.69 Å². The zero-order valence-corrected chi connectivity index (χ0v) is 14.5. The highest BCUT2D eigenvalue weighted by molar-refractivity contribution is 5.98. The summed E-state index contributed by atoms with van der Waals surface area (Å²) in [5.74, 6) is -0.368. The summed E-state index contributed by atoms with van der Waals surface area (Å²) in [6.07, 6.45) is 12.2. The number of fused-ring (bicyclic) bond motifs is 5. The molecule has 3 aromatic rings. The van der Waals surface area contributed by atoms with Gasteiger partial charge in [0, 0.05) is 17.4 Å². The molecule has 2 aromatic heterocycles. The maximum Gasteiger partial charge on any atom is 0.335 e. The highest BCUT2D eigenvalue weighted by Crippen LogP contribution is 2.45. The third-order valence-electron chi connectivity index (χ3n) is 5.83. The van der Waals surface area contributed by atoms with Gasteiger partial charge in [0.25, 0.3) is 0 Å². The Bertz CT molecular complexity index is 1040. The molecule has 0 radical (unpaired) electrons. The van der Waals surface area contributed by atoms with Gasteiger partial charge in [0.2, 0.25) is 0 Å². The number of nitrogens with zero attached hydrogens (tertiary/aromatic N) is 2. The van der Waals surface area contributed by atoms with E-state index >= 15 is 0 Å². The van der Waals surface area contributed by atoms with Crippen LogP contribution < -0.4 is 0 Å². The normalized spacial score (nSPS) is 17.1. The minimum atomic E-state index is -0.883. The fourth-order valence-electron chi connectivity index (χ4n) is 4.65. The molecule has 1 fully saturated rings. The summed E-state index contributed by atoms with van der Waals surface area (Å²) in [6.45, 7) is 0.728. The lowest BCUT2D eigenvalue weighted by atomic mass is 9.82. The molecule has 132 valence electrons. The van der Waals surface area contributed by atoms with Crippen LogP contribution in [0.1, 0.15) is 59.6 Å². The second-order valence-electron chi connectivity index (χ2n) is 7.31. The average Bonchev–Trinajstić information content (AvgIpc) is 3.20. The van der Waals surface area contributed by atoms with Crippen molar-refractivity contribution in [3.63, 3.8) is 0 Å². The van der Waals surface area contributed by atoms with Crippen LogP contribution >= 0.6 is 0 Å². The van der Waals surface area contributed by atoms with E-state index in [1.807, 2.05) is 12.1 Å². The van der Waals surface area contributed by atoms with Gasteiger partial charge in [-0.1, -0.05) is 31.4 Å². The number of H-pyrrole nitrogens is 1. The molecule has 26 heavy (non-hydrogen) atoms. The van der Waals surface area contributed by atoms with Crippen LogP contribution in [0.15, 0.2) is 30.6 Å². The predicted octanol–water partition coefficient (Wildman–Crippen LogP) is 4.80. The number of hydrogen-bond donors (Lipinski definition) is 2. The summed E-state index contributed by atoms with van der Waals surface area (Å²) < 4.78 is 2.24. The quantitative estimate of drug-likeness (QED) is 0.699. The number of aromatic amines is 1. The Morgan fingerprint density at radius 3 is 2.88 bits per heavy atom. The van der Waals surface area contributed by atoms with Crippen molar-refractivity contribution in [3.05, 3.63) is 47.4 Å². The minimum absolute atomic E-state index is 0.337. The van der Waals surface area contributed by atoms with E-state index in [0.29, 0.717) is 11.5 Å². The van der Waals surface area contributed by atoms with Crippen molar-refractivity contribution < 1.29 is 9.90 Å². The van der Waals surface area contributed by atoms with Crippen LogP contribution in [0.2, 0.25) is 0 Å². The highest BCUT2D eigenvalue weighted by atomic mass is 16.4. The number of benzene rings is 1. The molecule has 5 rings (SSSR count). The zero-order valence-electron chi connectivity index (χ0n) is 14.5. The van der Waals surface area contributed by atoms with E-state index in [4.69, 9.17) is 0 Å². The molecule has 1 aromatic carbocycles. The number of carbonyl (C=O) groups is 1. The summed E-state index contributed by atoms with van der Waals surface area (Å²) in [6, 6.07) is 5.55. The molecule has 1 aliphatic heterocycles. The van der Waals surface area contributed by atoms with E-state index in [9.17, 15) is 9.90 Å². The lowest BCUT2D eigenvalue weighted by Crippen LogP contribution is -2.07. The van der Waals surface area contributed by atoms with Crippen LogP contribution in [-0.4, -0.2) is 25.6 Å². The predicted molar refractivity (Wildman–Crippen MR) is 101 cm³/mol. The Morgan fingerprint density at radius 2 is 2.08 bits per heavy atom. The van der Waals surface area contributed by atoms with Crippen molar-refractivity contribution in [3.8, 4) is 11.4 Å². The van der Waals surface area contributed by atoms with E-state index in [2.05, 4.69) is 26.7 Å². The van der Waals surface area contributed by atoms with Gasteiger partial charge in [-0.3, -0.25) is 0 Å². The Kier molecular flexibility index (Phi) is 3.48. The lowest BCUT2D eigenvalue weighted by molar-refractivity contribution is 0.0697. The van der Waals surface area contributed by atoms with Crippen molar-refractivity contribution in [1.82, 2.24) is 14.5 Å². The first-order chi connectivity index (χ1) is 12.7. The molecule has 5 nitrogen and oxygen atoms in total. The number of allylic oxidation sites excluding steroid dienone is 1. The van der Waals surface area contributed by atoms with Gasteiger partial charge in [-0.25, -0.2) is 9.78 Å². The molecule has 1 saturated carbocycles. The van der Waals surface area contributed by atoms with Crippen molar-refractivity contribution in [2.75, 3.05) is 0 Å². The van der Waals surface area contributed by atoms with Gasteiger partial charge in [0.15, 0.2) is 0 Å². The van der Waals surface area contributed by atoms with Crippen molar-refractivity contribution in [1.29, 1.82) is 0 Å². The molecule has 0 atom stereocenters. The summed E-state index contributed by atoms with van der Waals surface area (Å²) >= 11 is 0. The Hall–Kier alpha value is -2.82. The molecule has 2 N–H and O–H groups in total. The SMILES string of the molecule is O=C(O)c1ccc2c(C3CCCCC3)c3n(c2c1)CC=Cc1[nH]cnc1-3. The van der Waals surface area contributed by atoms with E-state index in [1.54, 1.807) is 12.4 Å². The monoisotopic (exact) mass is 347 g/mol. The third kappa shape index (κ3) is 2.23. The largest absolute Gasteiger partial charge is 0.478 e. The van der Waals surface area contributed by atoms with Crippen molar-refractivity contribution in [2.24, 2.45) is 0 Å². The molecular formula is C21H21N3O2. The number of imidazole rings is 1. The summed E-state index contributed by atoms with van der Waals surface area (Å²) in [5, 5.41) is 10.6. The topological polar surface area (TPSA) is 70.9 Å². The first-order valence-corrected chi connectivity index (χ1v) is 9.34. The zero-order chi connectivity index (χ0) is 17.7. The lowest BCUT2D eigenvalue weighted by Gasteiger charge is -2.23. The first-order valence-electron chi connectivity index (χ1n) is 9.34. The van der Waals surface area contributed by atoms with Crippen LogP contribution in [0.4, 0.5) is 0 Å². The molecule has 0 bridgehead atoms. The first kappa shape index (κ1) is 15.4. The number of nitrogens with one attached hydrogen (secondary N) is 1. The van der Waals surface area contributed by atoms with Crippen LogP contribution in [0.5, 0.6) is 0 Å². The van der Waals surface area contributed by atoms with E-state index in [1.165, 1.54) is 43.1 Å². The number of carboxylic acids is 1. The van der Waals surface area contributed by atoms with Crippen LogP contribution in [-0.2, 0) is 6.54 Å². The molecule has 3 heterocycles. The van der Waals surface area contributed by atoms with Gasteiger partial charge in [0.05, 0.1) is 23.3 Å². The van der Waals surface area contributed by atoms with Crippen LogP contribution in [0, 0.1) is 0 Å². The third-order valence-corrected chi connectivity index (χ3v) is 5.83. The number of carboxylic acid groups (broad SMARTS) is 1. The van der Waals surface area contributed by atoms with Crippen LogP contribution in [0.3, 0.4) is 0 Å². The molecule has 1 aliphatic carbocycles. The van der Waals surface area contributed by atoms with Gasteiger partial charge in [-0.15, -0.1) is 0 Å². The Morgan fingerprint density at radius 1 is 1.23 bits per heavy atom. The van der Waals surface area contributed by atoms with Crippen molar-refractivity contribution in [2.45, 2.75) is 44.6 Å². The minimum Gasteiger partial charge on any atom is -0.478 e. The average molecular weight is 347 g/mol. The van der Waals surface area contributed by atoms with Gasteiger partial charge < -0.3 is 14.7 Å². The smallest absolute Gasteiger partial charge is 0.335 e. The summed E-state index contributed by atoms with van der Waals surface area (Å²) in [5.41, 5.74) is 5.86. The van der Waals surface area contributed by atoms with Gasteiger partial charge in [-0.05, 0) is 42.5 Å². The molecule has 0 unspecified atom stereocenters. The maximum absolute atomic E-state index is 11.5. The second-order valence-corrected chi connectivity index (χ2v) is 7.31. The number of aromatic carboxylic acids is 1. The Labute approximate surface area is 151 Å². The summed E-state index contributed by atoms with van der Waals surface area (Å²) in [7, 11) is 0. The number of hydrogen-bond acceptors (Lipinski definition) is 2. The highest BCUT2D eigenvalue weighted by Gasteiger charge is 2.29. The molecule has 2 aliphatic rings. The Balaban J connectivity index is 1.84. The summed E-state index contributed by atoms with van der Waals surface area (Å²) in [4.78, 5) is 19.4. The van der Waals surface area contributed by atoms with Gasteiger partial charge in [-0.2, -0.15) is 0 Å². The van der Waals surface area contributed by atoms with E-state index in [0.717, 1.165) is 29.1 Å². The van der Waals surface area contributed by atoms with Gasteiger partial charge >= 0.3 is 5.97 Å². The van der Waals surface area contributed by atoms with Crippen molar-refractivity contribution >= 4 is 22.9 Å². The molecule has 0 amide bonds. The molecular weight excluding hydrogens is 326 g/mol. The number of rotatable bonds is 2. The maximum atomic E-state index is 11.5.